The monoisotopic (exact) mass is 263 g/mol. The Morgan fingerprint density at radius 2 is 1.68 bits per heavy atom. The number of amides is 1. The minimum absolute atomic E-state index is 0.295. The molecule has 4 nitrogen and oxygen atoms in total. The molecule has 1 aliphatic rings. The van der Waals surface area contributed by atoms with E-state index in [1.54, 1.807) is 0 Å². The average molecular weight is 263 g/mol. The highest BCUT2D eigenvalue weighted by Gasteiger charge is 2.19. The van der Waals surface area contributed by atoms with E-state index in [1.165, 1.54) is 11.4 Å². The molecule has 1 aliphatic heterocycles. The van der Waals surface area contributed by atoms with Gasteiger partial charge in [0.1, 0.15) is 0 Å². The van der Waals surface area contributed by atoms with Gasteiger partial charge in [-0.2, -0.15) is 0 Å². The van der Waals surface area contributed by atoms with Gasteiger partial charge in [-0.1, -0.05) is 6.92 Å². The third-order valence-electron chi connectivity index (χ3n) is 4.14. The number of rotatable bonds is 4. The summed E-state index contributed by atoms with van der Waals surface area (Å²) in [4.78, 5) is 16.6. The van der Waals surface area contributed by atoms with E-state index < -0.39 is 0 Å². The molecule has 2 heterocycles. The molecule has 0 aliphatic carbocycles. The van der Waals surface area contributed by atoms with Crippen molar-refractivity contribution >= 4 is 5.91 Å². The Morgan fingerprint density at radius 1 is 1.11 bits per heavy atom. The average Bonchev–Trinajstić information content (AvgIpc) is 2.75. The number of hydrogen-bond acceptors (Lipinski definition) is 2. The molecule has 0 aromatic carbocycles. The quantitative estimate of drug-likeness (QED) is 0.826. The summed E-state index contributed by atoms with van der Waals surface area (Å²) >= 11 is 0. The lowest BCUT2D eigenvalue weighted by Gasteiger charge is -2.34. The number of aryl methyl sites for hydroxylation is 2. The predicted octanol–water partition coefficient (Wildman–Crippen LogP) is 1.66. The predicted molar refractivity (Wildman–Crippen MR) is 77.2 cm³/mol. The van der Waals surface area contributed by atoms with Crippen molar-refractivity contribution in [1.29, 1.82) is 0 Å². The number of nitrogens with zero attached hydrogens (tertiary/aromatic N) is 3. The van der Waals surface area contributed by atoms with Crippen LogP contribution in [0.2, 0.25) is 0 Å². The minimum atomic E-state index is 0.295. The van der Waals surface area contributed by atoms with E-state index in [4.69, 9.17) is 0 Å². The van der Waals surface area contributed by atoms with Crippen LogP contribution in [0.15, 0.2) is 12.1 Å². The van der Waals surface area contributed by atoms with Crippen LogP contribution in [0.1, 0.15) is 24.7 Å². The van der Waals surface area contributed by atoms with Gasteiger partial charge in [0.15, 0.2) is 0 Å². The lowest BCUT2D eigenvalue weighted by molar-refractivity contribution is -0.133. The van der Waals surface area contributed by atoms with Crippen molar-refractivity contribution in [1.82, 2.24) is 14.4 Å². The van der Waals surface area contributed by atoms with Crippen molar-refractivity contribution in [3.63, 3.8) is 0 Å². The highest BCUT2D eigenvalue weighted by Crippen LogP contribution is 2.10. The van der Waals surface area contributed by atoms with Crippen LogP contribution in [0.5, 0.6) is 0 Å². The summed E-state index contributed by atoms with van der Waals surface area (Å²) in [5, 5.41) is 0. The van der Waals surface area contributed by atoms with Crippen LogP contribution in [-0.2, 0) is 11.3 Å². The van der Waals surface area contributed by atoms with Gasteiger partial charge in [0.2, 0.25) is 5.91 Å². The smallest absolute Gasteiger partial charge is 0.224 e. The number of carbonyl (C=O) groups excluding carboxylic acids is 1. The molecule has 0 saturated carbocycles. The first-order chi connectivity index (χ1) is 9.11. The summed E-state index contributed by atoms with van der Waals surface area (Å²) in [5.74, 6) is 0.295. The van der Waals surface area contributed by atoms with E-state index in [1.807, 2.05) is 4.90 Å². The van der Waals surface area contributed by atoms with Gasteiger partial charge in [-0.3, -0.25) is 4.79 Å². The second-order valence-electron chi connectivity index (χ2n) is 5.33. The van der Waals surface area contributed by atoms with Crippen molar-refractivity contribution < 1.29 is 4.79 Å². The Morgan fingerprint density at radius 3 is 2.21 bits per heavy atom. The lowest BCUT2D eigenvalue weighted by atomic mass is 10.2. The number of carbonyl (C=O) groups is 1. The molecular weight excluding hydrogens is 238 g/mol. The normalized spacial score (nSPS) is 16.9. The van der Waals surface area contributed by atoms with Crippen LogP contribution >= 0.6 is 0 Å². The van der Waals surface area contributed by atoms with Crippen LogP contribution in [0.4, 0.5) is 0 Å². The molecule has 1 amide bonds. The second kappa shape index (κ2) is 6.24. The van der Waals surface area contributed by atoms with Gasteiger partial charge in [0.05, 0.1) is 0 Å². The molecule has 0 spiro atoms. The van der Waals surface area contributed by atoms with Gasteiger partial charge in [-0.25, -0.2) is 0 Å². The largest absolute Gasteiger partial charge is 0.349 e. The second-order valence-corrected chi connectivity index (χ2v) is 5.33. The van der Waals surface area contributed by atoms with E-state index in [9.17, 15) is 4.79 Å². The number of aromatic nitrogens is 1. The zero-order valence-corrected chi connectivity index (χ0v) is 12.4. The molecule has 19 heavy (non-hydrogen) atoms. The molecule has 2 rings (SSSR count). The molecule has 0 bridgehead atoms. The summed E-state index contributed by atoms with van der Waals surface area (Å²) in [6.45, 7) is 12.1. The highest BCUT2D eigenvalue weighted by molar-refractivity contribution is 5.76. The zero-order valence-electron chi connectivity index (χ0n) is 12.4. The molecule has 106 valence electrons. The standard InChI is InChI=1S/C15H25N3O/c1-4-16-9-11-17(12-10-16)15(19)7-8-18-13(2)5-6-14(18)3/h5-6H,4,7-12H2,1-3H3. The Labute approximate surface area is 116 Å². The summed E-state index contributed by atoms with van der Waals surface area (Å²) in [6.07, 6.45) is 0.614. The van der Waals surface area contributed by atoms with Gasteiger partial charge in [-0.05, 0) is 32.5 Å². The van der Waals surface area contributed by atoms with Crippen LogP contribution in [0, 0.1) is 13.8 Å². The molecule has 0 atom stereocenters. The Hall–Kier alpha value is -1.29. The fraction of sp³-hybridized carbons (Fsp3) is 0.667. The van der Waals surface area contributed by atoms with Crippen LogP contribution < -0.4 is 0 Å². The van der Waals surface area contributed by atoms with Crippen molar-refractivity contribution in [3.8, 4) is 0 Å². The van der Waals surface area contributed by atoms with Crippen LogP contribution in [0.3, 0.4) is 0 Å². The number of likely N-dealkylation sites (N-methyl/N-ethyl adjacent to an activating group) is 1. The van der Waals surface area contributed by atoms with Crippen LogP contribution in [-0.4, -0.2) is 53.0 Å². The van der Waals surface area contributed by atoms with E-state index in [2.05, 4.69) is 42.4 Å². The van der Waals surface area contributed by atoms with Gasteiger partial charge in [0, 0.05) is 50.5 Å². The molecule has 0 radical (unpaired) electrons. The topological polar surface area (TPSA) is 28.5 Å². The van der Waals surface area contributed by atoms with Crippen molar-refractivity contribution in [2.45, 2.75) is 33.7 Å². The van der Waals surface area contributed by atoms with Crippen molar-refractivity contribution in [2.75, 3.05) is 32.7 Å². The summed E-state index contributed by atoms with van der Waals surface area (Å²) in [7, 11) is 0. The Bertz CT molecular complexity index is 411. The molecular formula is C15H25N3O. The summed E-state index contributed by atoms with van der Waals surface area (Å²) in [6, 6.07) is 4.22. The molecule has 1 aromatic rings. The van der Waals surface area contributed by atoms with Gasteiger partial charge >= 0.3 is 0 Å². The summed E-state index contributed by atoms with van der Waals surface area (Å²) in [5.41, 5.74) is 2.47. The number of hydrogen-bond donors (Lipinski definition) is 0. The maximum atomic E-state index is 12.2. The van der Waals surface area contributed by atoms with Gasteiger partial charge < -0.3 is 14.4 Å². The Kier molecular flexibility index (Phi) is 4.64. The maximum Gasteiger partial charge on any atom is 0.224 e. The SMILES string of the molecule is CCN1CCN(C(=O)CCn2c(C)ccc2C)CC1. The molecule has 4 heteroatoms. The van der Waals surface area contributed by atoms with E-state index >= 15 is 0 Å². The van der Waals surface area contributed by atoms with Crippen molar-refractivity contribution in [3.05, 3.63) is 23.5 Å². The maximum absolute atomic E-state index is 12.2. The zero-order chi connectivity index (χ0) is 13.8. The van der Waals surface area contributed by atoms with Gasteiger partial charge in [0.25, 0.3) is 0 Å². The first kappa shape index (κ1) is 14.1. The Balaban J connectivity index is 1.82. The molecule has 0 unspecified atom stereocenters. The fourth-order valence-electron chi connectivity index (χ4n) is 2.73. The molecule has 1 saturated heterocycles. The van der Waals surface area contributed by atoms with Crippen molar-refractivity contribution in [2.24, 2.45) is 0 Å². The van der Waals surface area contributed by atoms with Crippen LogP contribution in [0.25, 0.3) is 0 Å². The van der Waals surface area contributed by atoms with E-state index in [0.29, 0.717) is 12.3 Å². The fourth-order valence-corrected chi connectivity index (χ4v) is 2.73. The highest BCUT2D eigenvalue weighted by atomic mass is 16.2. The van der Waals surface area contributed by atoms with Gasteiger partial charge in [-0.15, -0.1) is 0 Å². The molecule has 0 N–H and O–H groups in total. The third kappa shape index (κ3) is 3.38. The minimum Gasteiger partial charge on any atom is -0.349 e. The first-order valence-electron chi connectivity index (χ1n) is 7.24. The summed E-state index contributed by atoms with van der Waals surface area (Å²) < 4.78 is 2.22. The lowest BCUT2D eigenvalue weighted by Crippen LogP contribution is -2.48. The molecule has 1 aromatic heterocycles. The molecule has 1 fully saturated rings. The van der Waals surface area contributed by atoms with E-state index in [0.717, 1.165) is 39.3 Å². The van der Waals surface area contributed by atoms with E-state index in [-0.39, 0.29) is 0 Å². The third-order valence-corrected chi connectivity index (χ3v) is 4.14. The first-order valence-corrected chi connectivity index (χ1v) is 7.24. The number of piperazine rings is 1.